The summed E-state index contributed by atoms with van der Waals surface area (Å²) in [5.41, 5.74) is -0.590. The predicted octanol–water partition coefficient (Wildman–Crippen LogP) is 1.74. The van der Waals surface area contributed by atoms with E-state index in [-0.39, 0.29) is 0 Å². The summed E-state index contributed by atoms with van der Waals surface area (Å²) in [6, 6.07) is 2.35. The number of nitrogens with zero attached hydrogens (tertiary/aromatic N) is 1. The summed E-state index contributed by atoms with van der Waals surface area (Å²) >= 11 is 0. The molecule has 0 amide bonds. The van der Waals surface area contributed by atoms with E-state index < -0.39 is 29.2 Å². The Kier molecular flexibility index (Phi) is 1.34. The number of halogens is 1. The van der Waals surface area contributed by atoms with Gasteiger partial charge in [0, 0.05) is 12.1 Å². The van der Waals surface area contributed by atoms with E-state index in [0.29, 0.717) is 6.07 Å². The fourth-order valence-corrected chi connectivity index (χ4v) is 0.721. The zero-order chi connectivity index (χ0) is 11.6. The van der Waals surface area contributed by atoms with Gasteiger partial charge in [-0.1, -0.05) is 0 Å². The minimum Gasteiger partial charge on any atom is -0.490 e. The second-order valence-electron chi connectivity index (χ2n) is 1.97. The molecule has 0 atom stereocenters. The molecule has 0 fully saturated rings. The standard InChI is InChI=1S/C7H6FNO3/c1-12-7-4-5(8)2-3-6(7)9(10)11/h2-4H,1H3/i1D3. The van der Waals surface area contributed by atoms with Crippen molar-refractivity contribution in [1.82, 2.24) is 0 Å². The van der Waals surface area contributed by atoms with Crippen molar-refractivity contribution in [3.8, 4) is 5.75 Å². The normalized spacial score (nSPS) is 14.2. The summed E-state index contributed by atoms with van der Waals surface area (Å²) in [4.78, 5) is 9.59. The van der Waals surface area contributed by atoms with Crippen LogP contribution < -0.4 is 4.74 Å². The highest BCUT2D eigenvalue weighted by Crippen LogP contribution is 2.26. The number of benzene rings is 1. The predicted molar refractivity (Wildman–Crippen MR) is 39.6 cm³/mol. The molecule has 1 aromatic carbocycles. The van der Waals surface area contributed by atoms with Crippen LogP contribution >= 0.6 is 0 Å². The molecular formula is C7H6FNO3. The first-order chi connectivity index (χ1) is 6.79. The lowest BCUT2D eigenvalue weighted by molar-refractivity contribution is -0.385. The molecule has 0 saturated heterocycles. The Bertz CT molecular complexity index is 394. The van der Waals surface area contributed by atoms with E-state index in [1.165, 1.54) is 0 Å². The summed E-state index contributed by atoms with van der Waals surface area (Å²) < 4.78 is 37.2. The first-order valence-electron chi connectivity index (χ1n) is 4.42. The van der Waals surface area contributed by atoms with Crippen molar-refractivity contribution in [2.75, 3.05) is 7.04 Å². The van der Waals surface area contributed by atoms with E-state index in [9.17, 15) is 14.5 Å². The molecule has 64 valence electrons. The Hall–Kier alpha value is -1.65. The van der Waals surface area contributed by atoms with Crippen LogP contribution in [-0.4, -0.2) is 12.0 Å². The average Bonchev–Trinajstić information content (AvgIpc) is 1.99. The first-order valence-corrected chi connectivity index (χ1v) is 2.92. The maximum Gasteiger partial charge on any atom is 0.311 e. The third-order valence-corrected chi connectivity index (χ3v) is 1.23. The smallest absolute Gasteiger partial charge is 0.311 e. The maximum absolute atomic E-state index is 12.7. The van der Waals surface area contributed by atoms with Crippen LogP contribution in [0.15, 0.2) is 18.2 Å². The number of methoxy groups -OCH3 is 1. The van der Waals surface area contributed by atoms with E-state index in [0.717, 1.165) is 12.1 Å². The lowest BCUT2D eigenvalue weighted by Crippen LogP contribution is -1.93. The summed E-state index contributed by atoms with van der Waals surface area (Å²) in [6.45, 7) is 0. The Morgan fingerprint density at radius 2 is 2.50 bits per heavy atom. The van der Waals surface area contributed by atoms with Crippen LogP contribution in [0, 0.1) is 15.9 Å². The fraction of sp³-hybridized carbons (Fsp3) is 0.143. The van der Waals surface area contributed by atoms with Crippen molar-refractivity contribution < 1.29 is 18.2 Å². The van der Waals surface area contributed by atoms with E-state index in [2.05, 4.69) is 4.74 Å². The Balaban J connectivity index is 3.13. The maximum atomic E-state index is 12.7. The molecule has 0 unspecified atom stereocenters. The van der Waals surface area contributed by atoms with Gasteiger partial charge in [-0.2, -0.15) is 0 Å². The number of ether oxygens (including phenoxy) is 1. The van der Waals surface area contributed by atoms with E-state index >= 15 is 0 Å². The van der Waals surface area contributed by atoms with Crippen molar-refractivity contribution in [2.45, 2.75) is 0 Å². The highest BCUT2D eigenvalue weighted by Gasteiger charge is 2.14. The second kappa shape index (κ2) is 3.17. The lowest BCUT2D eigenvalue weighted by Gasteiger charge is -1.99. The zero-order valence-corrected chi connectivity index (χ0v) is 5.78. The second-order valence-corrected chi connectivity index (χ2v) is 1.97. The van der Waals surface area contributed by atoms with Crippen LogP contribution in [0.1, 0.15) is 4.11 Å². The van der Waals surface area contributed by atoms with Gasteiger partial charge >= 0.3 is 5.69 Å². The van der Waals surface area contributed by atoms with Gasteiger partial charge in [0.15, 0.2) is 5.75 Å². The highest BCUT2D eigenvalue weighted by atomic mass is 19.1. The van der Waals surface area contributed by atoms with Gasteiger partial charge in [0.1, 0.15) is 5.82 Å². The summed E-state index contributed by atoms with van der Waals surface area (Å²) in [7, 11) is -2.85. The highest BCUT2D eigenvalue weighted by molar-refractivity contribution is 5.45. The van der Waals surface area contributed by atoms with Crippen LogP contribution in [0.5, 0.6) is 5.75 Å². The van der Waals surface area contributed by atoms with Gasteiger partial charge in [-0.25, -0.2) is 4.39 Å². The van der Waals surface area contributed by atoms with Crippen LogP contribution in [0.2, 0.25) is 0 Å². The van der Waals surface area contributed by atoms with Gasteiger partial charge in [0.2, 0.25) is 0 Å². The first kappa shape index (κ1) is 5.08. The molecule has 12 heavy (non-hydrogen) atoms. The third-order valence-electron chi connectivity index (χ3n) is 1.23. The number of rotatable bonds is 2. The molecule has 0 aliphatic carbocycles. The summed E-state index contributed by atoms with van der Waals surface area (Å²) in [5, 5.41) is 10.4. The summed E-state index contributed by atoms with van der Waals surface area (Å²) in [5.74, 6) is -1.42. The van der Waals surface area contributed by atoms with Crippen molar-refractivity contribution in [2.24, 2.45) is 0 Å². The van der Waals surface area contributed by atoms with Crippen molar-refractivity contribution in [3.63, 3.8) is 0 Å². The molecule has 0 aliphatic rings. The molecule has 0 N–H and O–H groups in total. The number of nitro benzene ring substituents is 1. The van der Waals surface area contributed by atoms with Crippen LogP contribution in [0.3, 0.4) is 0 Å². The monoisotopic (exact) mass is 174 g/mol. The van der Waals surface area contributed by atoms with Gasteiger partial charge in [-0.3, -0.25) is 10.1 Å². The van der Waals surface area contributed by atoms with Gasteiger partial charge in [0.25, 0.3) is 0 Å². The number of hydrogen-bond acceptors (Lipinski definition) is 3. The average molecular weight is 174 g/mol. The molecule has 4 nitrogen and oxygen atoms in total. The van der Waals surface area contributed by atoms with Gasteiger partial charge in [0.05, 0.1) is 16.1 Å². The number of nitro groups is 1. The Morgan fingerprint density at radius 3 is 3.08 bits per heavy atom. The van der Waals surface area contributed by atoms with Crippen molar-refractivity contribution >= 4 is 5.69 Å². The van der Waals surface area contributed by atoms with Crippen molar-refractivity contribution in [3.05, 3.63) is 34.1 Å². The van der Waals surface area contributed by atoms with Gasteiger partial charge < -0.3 is 4.74 Å². The summed E-state index contributed by atoms with van der Waals surface area (Å²) in [6.07, 6.45) is 0. The molecule has 0 aliphatic heterocycles. The molecule has 1 rings (SSSR count). The van der Waals surface area contributed by atoms with E-state index in [1.54, 1.807) is 0 Å². The Labute approximate surface area is 71.9 Å². The molecule has 0 spiro atoms. The topological polar surface area (TPSA) is 52.4 Å². The zero-order valence-electron chi connectivity index (χ0n) is 8.78. The SMILES string of the molecule is [2H]C([2H])([2H])Oc1cc(F)ccc1[N+](=O)[O-]. The largest absolute Gasteiger partial charge is 0.490 e. The molecule has 0 radical (unpaired) electrons. The number of hydrogen-bond donors (Lipinski definition) is 0. The van der Waals surface area contributed by atoms with E-state index in [4.69, 9.17) is 4.11 Å². The van der Waals surface area contributed by atoms with Gasteiger partial charge in [-0.15, -0.1) is 0 Å². The molecular weight excluding hydrogens is 165 g/mol. The van der Waals surface area contributed by atoms with Crippen molar-refractivity contribution in [1.29, 1.82) is 0 Å². The third kappa shape index (κ3) is 1.50. The fourth-order valence-electron chi connectivity index (χ4n) is 0.721. The lowest BCUT2D eigenvalue weighted by atomic mass is 10.3. The molecule has 0 bridgehead atoms. The molecule has 1 aromatic rings. The minimum absolute atomic E-state index is 0.590. The molecule has 0 saturated carbocycles. The van der Waals surface area contributed by atoms with Gasteiger partial charge in [-0.05, 0) is 6.07 Å². The van der Waals surface area contributed by atoms with Crippen LogP contribution in [0.25, 0.3) is 0 Å². The molecule has 5 heteroatoms. The van der Waals surface area contributed by atoms with E-state index in [1.807, 2.05) is 0 Å². The quantitative estimate of drug-likeness (QED) is 0.506. The van der Waals surface area contributed by atoms with Crippen LogP contribution in [-0.2, 0) is 0 Å². The molecule has 0 aromatic heterocycles. The van der Waals surface area contributed by atoms with Crippen LogP contribution in [0.4, 0.5) is 10.1 Å². The Morgan fingerprint density at radius 1 is 1.75 bits per heavy atom. The minimum atomic E-state index is -2.85. The molecule has 0 heterocycles.